The highest BCUT2D eigenvalue weighted by atomic mass is 28.3. The standard InChI is InChI=1S/C46H37N3Si/c1-50(2,3)43-28-27-42(40-25-10-11-26-41(40)43)46-48-44(33-17-8-5-9-18-33)47-45(49-46)39-24-14-23-38(31-39)37-22-13-21-36(30-37)35-20-12-19-34(29-35)32-15-6-4-7-16-32/h4-31H,1-3H3. The van der Waals surface area contributed by atoms with E-state index in [2.05, 4.69) is 171 Å². The van der Waals surface area contributed by atoms with Crippen LogP contribution in [-0.4, -0.2) is 23.0 Å². The molecule has 4 heteroatoms. The number of aromatic nitrogens is 3. The SMILES string of the molecule is C[Si](C)(C)c1ccc(-c2nc(-c3ccccc3)nc(-c3cccc(-c4cccc(-c5cccc(-c6ccccc6)c5)c4)c3)n2)c2ccccc12. The van der Waals surface area contributed by atoms with E-state index in [9.17, 15) is 0 Å². The van der Waals surface area contributed by atoms with Crippen molar-refractivity contribution in [2.24, 2.45) is 0 Å². The molecule has 8 rings (SSSR count). The van der Waals surface area contributed by atoms with Crippen molar-refractivity contribution in [2.45, 2.75) is 19.6 Å². The molecule has 240 valence electrons. The molecule has 0 atom stereocenters. The largest absolute Gasteiger partial charge is 0.208 e. The van der Waals surface area contributed by atoms with Crippen LogP contribution in [0.5, 0.6) is 0 Å². The molecular weight excluding hydrogens is 623 g/mol. The summed E-state index contributed by atoms with van der Waals surface area (Å²) < 4.78 is 0. The number of hydrogen-bond donors (Lipinski definition) is 0. The summed E-state index contributed by atoms with van der Waals surface area (Å²) in [4.78, 5) is 15.3. The van der Waals surface area contributed by atoms with E-state index in [1.54, 1.807) is 0 Å². The fraction of sp³-hybridized carbons (Fsp3) is 0.0652. The molecule has 0 aliphatic carbocycles. The van der Waals surface area contributed by atoms with Crippen molar-refractivity contribution in [1.82, 2.24) is 15.0 Å². The Morgan fingerprint density at radius 1 is 0.320 bits per heavy atom. The lowest BCUT2D eigenvalue weighted by Gasteiger charge is -2.20. The van der Waals surface area contributed by atoms with E-state index in [1.165, 1.54) is 38.2 Å². The predicted octanol–water partition coefficient (Wildman–Crippen LogP) is 11.6. The zero-order valence-electron chi connectivity index (χ0n) is 28.5. The van der Waals surface area contributed by atoms with Gasteiger partial charge in [-0.05, 0) is 62.4 Å². The molecule has 0 radical (unpaired) electrons. The minimum Gasteiger partial charge on any atom is -0.208 e. The second-order valence-corrected chi connectivity index (χ2v) is 18.8. The lowest BCUT2D eigenvalue weighted by atomic mass is 9.95. The van der Waals surface area contributed by atoms with Crippen LogP contribution in [0.3, 0.4) is 0 Å². The van der Waals surface area contributed by atoms with Gasteiger partial charge in [-0.15, -0.1) is 0 Å². The third kappa shape index (κ3) is 6.29. The molecule has 3 nitrogen and oxygen atoms in total. The molecule has 0 unspecified atom stereocenters. The van der Waals surface area contributed by atoms with Crippen molar-refractivity contribution in [2.75, 3.05) is 0 Å². The summed E-state index contributed by atoms with van der Waals surface area (Å²) >= 11 is 0. The topological polar surface area (TPSA) is 38.7 Å². The molecule has 0 aliphatic heterocycles. The van der Waals surface area contributed by atoms with Crippen LogP contribution in [0.2, 0.25) is 19.6 Å². The normalized spacial score (nSPS) is 11.5. The molecule has 0 amide bonds. The first-order valence-electron chi connectivity index (χ1n) is 17.1. The molecule has 0 N–H and O–H groups in total. The van der Waals surface area contributed by atoms with Gasteiger partial charge >= 0.3 is 0 Å². The van der Waals surface area contributed by atoms with Gasteiger partial charge in [0.1, 0.15) is 0 Å². The highest BCUT2D eigenvalue weighted by molar-refractivity contribution is 6.90. The van der Waals surface area contributed by atoms with E-state index in [1.807, 2.05) is 18.2 Å². The van der Waals surface area contributed by atoms with Gasteiger partial charge in [-0.2, -0.15) is 0 Å². The number of fused-ring (bicyclic) bond motifs is 1. The first kappa shape index (κ1) is 31.3. The molecule has 0 saturated carbocycles. The molecule has 0 fully saturated rings. The van der Waals surface area contributed by atoms with E-state index >= 15 is 0 Å². The van der Waals surface area contributed by atoms with Crippen molar-refractivity contribution in [1.29, 1.82) is 0 Å². The molecule has 0 aliphatic rings. The average molecular weight is 660 g/mol. The molecular formula is C46H37N3Si. The van der Waals surface area contributed by atoms with E-state index in [0.29, 0.717) is 17.5 Å². The zero-order chi connectivity index (χ0) is 34.1. The summed E-state index contributed by atoms with van der Waals surface area (Å²) in [5, 5.41) is 3.89. The number of rotatable bonds is 7. The van der Waals surface area contributed by atoms with Crippen molar-refractivity contribution in [3.8, 4) is 67.5 Å². The summed E-state index contributed by atoms with van der Waals surface area (Å²) in [6, 6.07) is 59.9. The Morgan fingerprint density at radius 2 is 0.720 bits per heavy atom. The van der Waals surface area contributed by atoms with Crippen LogP contribution in [0, 0.1) is 0 Å². The van der Waals surface area contributed by atoms with Gasteiger partial charge in [0.25, 0.3) is 0 Å². The van der Waals surface area contributed by atoms with Gasteiger partial charge in [-0.3, -0.25) is 0 Å². The lowest BCUT2D eigenvalue weighted by Crippen LogP contribution is -2.38. The van der Waals surface area contributed by atoms with E-state index in [0.717, 1.165) is 27.8 Å². The van der Waals surface area contributed by atoms with Crippen LogP contribution in [0.15, 0.2) is 170 Å². The number of nitrogens with zero attached hydrogens (tertiary/aromatic N) is 3. The summed E-state index contributed by atoms with van der Waals surface area (Å²) in [5.41, 5.74) is 9.95. The Balaban J connectivity index is 1.22. The highest BCUT2D eigenvalue weighted by Crippen LogP contribution is 2.33. The van der Waals surface area contributed by atoms with Crippen molar-refractivity contribution in [3.63, 3.8) is 0 Å². The third-order valence-corrected chi connectivity index (χ3v) is 11.3. The van der Waals surface area contributed by atoms with Gasteiger partial charge in [0.15, 0.2) is 17.5 Å². The fourth-order valence-corrected chi connectivity index (χ4v) is 8.32. The smallest absolute Gasteiger partial charge is 0.164 e. The average Bonchev–Trinajstić information content (AvgIpc) is 3.18. The molecule has 0 spiro atoms. The van der Waals surface area contributed by atoms with Gasteiger partial charge < -0.3 is 0 Å². The molecule has 1 aromatic heterocycles. The quantitative estimate of drug-likeness (QED) is 0.160. The van der Waals surface area contributed by atoms with Gasteiger partial charge in [-0.25, -0.2) is 15.0 Å². The van der Waals surface area contributed by atoms with Crippen LogP contribution in [0.1, 0.15) is 0 Å². The summed E-state index contributed by atoms with van der Waals surface area (Å²) in [6.45, 7) is 7.19. The third-order valence-electron chi connectivity index (χ3n) is 9.26. The van der Waals surface area contributed by atoms with Gasteiger partial charge in [0, 0.05) is 16.7 Å². The van der Waals surface area contributed by atoms with Crippen LogP contribution in [0.4, 0.5) is 0 Å². The zero-order valence-corrected chi connectivity index (χ0v) is 29.5. The Labute approximate surface area is 295 Å². The predicted molar refractivity (Wildman–Crippen MR) is 213 cm³/mol. The Bertz CT molecular complexity index is 2470. The van der Waals surface area contributed by atoms with Gasteiger partial charge in [-0.1, -0.05) is 176 Å². The van der Waals surface area contributed by atoms with Crippen LogP contribution < -0.4 is 5.19 Å². The van der Waals surface area contributed by atoms with Crippen LogP contribution in [0.25, 0.3) is 78.3 Å². The molecule has 0 bridgehead atoms. The van der Waals surface area contributed by atoms with E-state index in [4.69, 9.17) is 15.0 Å². The van der Waals surface area contributed by atoms with Gasteiger partial charge in [0.2, 0.25) is 0 Å². The first-order valence-corrected chi connectivity index (χ1v) is 20.6. The fourth-order valence-electron chi connectivity index (χ4n) is 6.71. The maximum absolute atomic E-state index is 5.17. The summed E-state index contributed by atoms with van der Waals surface area (Å²) in [5.74, 6) is 1.99. The second kappa shape index (κ2) is 13.1. The summed E-state index contributed by atoms with van der Waals surface area (Å²) in [6.07, 6.45) is 0. The van der Waals surface area contributed by atoms with Crippen molar-refractivity contribution < 1.29 is 0 Å². The van der Waals surface area contributed by atoms with Crippen molar-refractivity contribution in [3.05, 3.63) is 170 Å². The molecule has 1 heterocycles. The maximum Gasteiger partial charge on any atom is 0.164 e. The van der Waals surface area contributed by atoms with Crippen LogP contribution >= 0.6 is 0 Å². The summed E-state index contributed by atoms with van der Waals surface area (Å²) in [7, 11) is -1.58. The Kier molecular flexibility index (Phi) is 8.23. The maximum atomic E-state index is 5.17. The number of hydrogen-bond acceptors (Lipinski definition) is 3. The molecule has 0 saturated heterocycles. The minimum atomic E-state index is -1.58. The Hall–Kier alpha value is -5.97. The molecule has 7 aromatic carbocycles. The second-order valence-electron chi connectivity index (χ2n) is 13.7. The highest BCUT2D eigenvalue weighted by Gasteiger charge is 2.22. The Morgan fingerprint density at radius 3 is 1.28 bits per heavy atom. The minimum absolute atomic E-state index is 0.653. The lowest BCUT2D eigenvalue weighted by molar-refractivity contribution is 1.08. The molecule has 50 heavy (non-hydrogen) atoms. The van der Waals surface area contributed by atoms with E-state index in [-0.39, 0.29) is 0 Å². The first-order chi connectivity index (χ1) is 24.4. The number of benzene rings is 7. The van der Waals surface area contributed by atoms with Gasteiger partial charge in [0.05, 0.1) is 8.07 Å². The van der Waals surface area contributed by atoms with Crippen LogP contribution in [-0.2, 0) is 0 Å². The van der Waals surface area contributed by atoms with E-state index < -0.39 is 8.07 Å². The van der Waals surface area contributed by atoms with Crippen molar-refractivity contribution >= 4 is 24.0 Å². The molecule has 8 aromatic rings. The monoisotopic (exact) mass is 659 g/mol.